The van der Waals surface area contributed by atoms with Gasteiger partial charge in [-0.3, -0.25) is 14.4 Å². The number of hydrogen-bond acceptors (Lipinski definition) is 4. The second-order valence-electron chi connectivity index (χ2n) is 3.88. The summed E-state index contributed by atoms with van der Waals surface area (Å²) in [4.78, 5) is 34.9. The van der Waals surface area contributed by atoms with Crippen molar-refractivity contribution in [2.24, 2.45) is 0 Å². The number of carbonyl (C=O) groups is 3. The topological polar surface area (TPSA) is 71.4 Å². The highest BCUT2D eigenvalue weighted by Crippen LogP contribution is 2.25. The Morgan fingerprint density at radius 1 is 1.06 bits per heavy atom. The molecule has 0 aromatic rings. The summed E-state index contributed by atoms with van der Waals surface area (Å²) < 4.78 is 0. The number of rotatable bonds is 3. The van der Waals surface area contributed by atoms with Gasteiger partial charge in [-0.2, -0.15) is 0 Å². The van der Waals surface area contributed by atoms with E-state index in [2.05, 4.69) is 0 Å². The van der Waals surface area contributed by atoms with Crippen LogP contribution in [0.2, 0.25) is 0 Å². The molecule has 0 saturated carbocycles. The van der Waals surface area contributed by atoms with Crippen molar-refractivity contribution in [1.82, 2.24) is 0 Å². The third-order valence-electron chi connectivity index (χ3n) is 2.65. The molecule has 0 radical (unpaired) electrons. The highest BCUT2D eigenvalue weighted by molar-refractivity contribution is 6.51. The van der Waals surface area contributed by atoms with E-state index in [9.17, 15) is 19.5 Å². The summed E-state index contributed by atoms with van der Waals surface area (Å²) in [7, 11) is 0. The fraction of sp³-hybridized carbons (Fsp3) is 0.214. The van der Waals surface area contributed by atoms with E-state index in [0.717, 1.165) is 0 Å². The molecule has 1 aliphatic carbocycles. The van der Waals surface area contributed by atoms with Crippen molar-refractivity contribution < 1.29 is 19.5 Å². The van der Waals surface area contributed by atoms with E-state index in [1.165, 1.54) is 26.0 Å². The molecule has 1 rings (SSSR count). The highest BCUT2D eigenvalue weighted by Gasteiger charge is 2.32. The van der Waals surface area contributed by atoms with Crippen molar-refractivity contribution >= 4 is 17.3 Å². The van der Waals surface area contributed by atoms with Crippen LogP contribution in [0.3, 0.4) is 0 Å². The Hall–Kier alpha value is -2.23. The lowest BCUT2D eigenvalue weighted by Gasteiger charge is -2.15. The SMILES string of the molecule is C/C=C/C=C/C(=O)C1=C(C)C(=O)C(=O)C(C)=C1O. The highest BCUT2D eigenvalue weighted by atomic mass is 16.3. The third-order valence-corrected chi connectivity index (χ3v) is 2.65. The molecular formula is C14H14O4. The Bertz CT molecular complexity index is 542. The molecule has 0 amide bonds. The normalized spacial score (nSPS) is 17.5. The van der Waals surface area contributed by atoms with Crippen LogP contribution in [0.1, 0.15) is 20.8 Å². The second-order valence-corrected chi connectivity index (χ2v) is 3.88. The van der Waals surface area contributed by atoms with E-state index in [-0.39, 0.29) is 16.7 Å². The molecule has 0 spiro atoms. The molecule has 0 heterocycles. The van der Waals surface area contributed by atoms with Crippen molar-refractivity contribution in [2.45, 2.75) is 20.8 Å². The Balaban J connectivity index is 3.26. The van der Waals surface area contributed by atoms with Gasteiger partial charge in [-0.1, -0.05) is 18.2 Å². The molecule has 4 heteroatoms. The lowest BCUT2D eigenvalue weighted by Crippen LogP contribution is -2.26. The zero-order valence-electron chi connectivity index (χ0n) is 10.5. The van der Waals surface area contributed by atoms with Gasteiger partial charge in [0.15, 0.2) is 5.78 Å². The van der Waals surface area contributed by atoms with Crippen LogP contribution in [0.25, 0.3) is 0 Å². The summed E-state index contributed by atoms with van der Waals surface area (Å²) in [6.45, 7) is 4.48. The molecule has 0 aromatic carbocycles. The van der Waals surface area contributed by atoms with Gasteiger partial charge in [0.1, 0.15) is 5.76 Å². The van der Waals surface area contributed by atoms with Gasteiger partial charge >= 0.3 is 0 Å². The van der Waals surface area contributed by atoms with E-state index in [4.69, 9.17) is 0 Å². The smallest absolute Gasteiger partial charge is 0.232 e. The van der Waals surface area contributed by atoms with Crippen molar-refractivity contribution in [3.63, 3.8) is 0 Å². The van der Waals surface area contributed by atoms with Gasteiger partial charge in [0.05, 0.1) is 5.57 Å². The molecule has 1 aliphatic rings. The second kappa shape index (κ2) is 5.40. The molecule has 0 atom stereocenters. The summed E-state index contributed by atoms with van der Waals surface area (Å²) >= 11 is 0. The Morgan fingerprint density at radius 2 is 1.61 bits per heavy atom. The van der Waals surface area contributed by atoms with E-state index < -0.39 is 23.1 Å². The predicted molar refractivity (Wildman–Crippen MR) is 67.0 cm³/mol. The zero-order chi connectivity index (χ0) is 13.9. The van der Waals surface area contributed by atoms with Crippen LogP contribution in [-0.4, -0.2) is 22.5 Å². The maximum atomic E-state index is 11.9. The molecule has 18 heavy (non-hydrogen) atoms. The number of aliphatic hydroxyl groups excluding tert-OH is 1. The molecule has 0 aromatic heterocycles. The molecular weight excluding hydrogens is 232 g/mol. The van der Waals surface area contributed by atoms with Gasteiger partial charge in [-0.25, -0.2) is 0 Å². The maximum Gasteiger partial charge on any atom is 0.232 e. The van der Waals surface area contributed by atoms with Gasteiger partial charge in [-0.15, -0.1) is 0 Å². The first kappa shape index (κ1) is 13.8. The Morgan fingerprint density at radius 3 is 2.17 bits per heavy atom. The van der Waals surface area contributed by atoms with Gasteiger partial charge in [0.2, 0.25) is 11.6 Å². The van der Waals surface area contributed by atoms with Gasteiger partial charge < -0.3 is 5.11 Å². The minimum absolute atomic E-state index is 0.0155. The number of aliphatic hydroxyl groups is 1. The number of allylic oxidation sites excluding steroid dienone is 7. The Kier molecular flexibility index (Phi) is 4.15. The summed E-state index contributed by atoms with van der Waals surface area (Å²) in [5.41, 5.74) is -0.204. The summed E-state index contributed by atoms with van der Waals surface area (Å²) in [5, 5.41) is 9.80. The fourth-order valence-corrected chi connectivity index (χ4v) is 1.57. The van der Waals surface area contributed by atoms with Crippen LogP contribution in [-0.2, 0) is 14.4 Å². The van der Waals surface area contributed by atoms with Crippen LogP contribution in [0, 0.1) is 0 Å². The first-order chi connectivity index (χ1) is 8.41. The zero-order valence-corrected chi connectivity index (χ0v) is 10.5. The molecule has 0 aliphatic heterocycles. The first-order valence-electron chi connectivity index (χ1n) is 5.45. The van der Waals surface area contributed by atoms with Crippen molar-refractivity contribution in [1.29, 1.82) is 0 Å². The van der Waals surface area contributed by atoms with Crippen molar-refractivity contribution in [3.05, 3.63) is 46.8 Å². The lowest BCUT2D eigenvalue weighted by molar-refractivity contribution is -0.132. The molecule has 94 valence electrons. The Labute approximate surface area is 105 Å². The van der Waals surface area contributed by atoms with Gasteiger partial charge in [0, 0.05) is 11.1 Å². The quantitative estimate of drug-likeness (QED) is 0.358. The predicted octanol–water partition coefficient (Wildman–Crippen LogP) is 1.99. The van der Waals surface area contributed by atoms with E-state index in [1.54, 1.807) is 19.1 Å². The van der Waals surface area contributed by atoms with Crippen LogP contribution in [0.5, 0.6) is 0 Å². The molecule has 0 bridgehead atoms. The van der Waals surface area contributed by atoms with E-state index in [0.29, 0.717) is 0 Å². The van der Waals surface area contributed by atoms with Crippen LogP contribution in [0.15, 0.2) is 46.8 Å². The van der Waals surface area contributed by atoms with Crippen LogP contribution >= 0.6 is 0 Å². The van der Waals surface area contributed by atoms with E-state index >= 15 is 0 Å². The van der Waals surface area contributed by atoms with Crippen molar-refractivity contribution in [3.8, 4) is 0 Å². The largest absolute Gasteiger partial charge is 0.507 e. The summed E-state index contributed by atoms with van der Waals surface area (Å²) in [6.07, 6.45) is 6.14. The summed E-state index contributed by atoms with van der Waals surface area (Å²) in [5.74, 6) is -2.41. The number of ketones is 3. The van der Waals surface area contributed by atoms with E-state index in [1.807, 2.05) is 0 Å². The average Bonchev–Trinajstić information content (AvgIpc) is 2.34. The monoisotopic (exact) mass is 246 g/mol. The molecule has 0 saturated heterocycles. The number of Topliss-reactive ketones (excluding diaryl/α,β-unsaturated/α-hetero) is 2. The molecule has 0 unspecified atom stereocenters. The maximum absolute atomic E-state index is 11.9. The lowest BCUT2D eigenvalue weighted by atomic mass is 9.88. The first-order valence-corrected chi connectivity index (χ1v) is 5.45. The van der Waals surface area contributed by atoms with Crippen molar-refractivity contribution in [2.75, 3.05) is 0 Å². The molecule has 1 N–H and O–H groups in total. The molecule has 0 fully saturated rings. The minimum Gasteiger partial charge on any atom is -0.507 e. The minimum atomic E-state index is -0.765. The van der Waals surface area contributed by atoms with Gasteiger partial charge in [0.25, 0.3) is 0 Å². The van der Waals surface area contributed by atoms with Crippen LogP contribution in [0.4, 0.5) is 0 Å². The van der Waals surface area contributed by atoms with Crippen LogP contribution < -0.4 is 0 Å². The third kappa shape index (κ3) is 2.37. The van der Waals surface area contributed by atoms with Gasteiger partial charge in [-0.05, 0) is 26.8 Å². The summed E-state index contributed by atoms with van der Waals surface area (Å²) in [6, 6.07) is 0. The standard InChI is InChI=1S/C14H14O4/c1-4-5-6-7-10(15)11-8(2)13(17)14(18)9(3)12(11)16/h4-7,16H,1-3H3/b5-4+,7-6+. The number of hydrogen-bond donors (Lipinski definition) is 1. The average molecular weight is 246 g/mol. The number of carbonyl (C=O) groups excluding carboxylic acids is 3. The molecule has 4 nitrogen and oxygen atoms in total. The fourth-order valence-electron chi connectivity index (χ4n) is 1.57.